The van der Waals surface area contributed by atoms with Gasteiger partial charge in [-0.1, -0.05) is 31.2 Å². The Hall–Kier alpha value is -1.98. The van der Waals surface area contributed by atoms with Crippen molar-refractivity contribution in [2.75, 3.05) is 18.4 Å². The molecule has 5 heteroatoms. The van der Waals surface area contributed by atoms with Gasteiger partial charge < -0.3 is 10.6 Å². The third-order valence-electron chi connectivity index (χ3n) is 4.72. The zero-order valence-corrected chi connectivity index (χ0v) is 14.7. The maximum absolute atomic E-state index is 4.56. The maximum atomic E-state index is 4.56. The van der Waals surface area contributed by atoms with Crippen molar-refractivity contribution in [3.8, 4) is 11.1 Å². The summed E-state index contributed by atoms with van der Waals surface area (Å²) < 4.78 is 0. The van der Waals surface area contributed by atoms with E-state index in [2.05, 4.69) is 57.2 Å². The van der Waals surface area contributed by atoms with Crippen LogP contribution in [0.3, 0.4) is 0 Å². The first-order chi connectivity index (χ1) is 11.8. The molecule has 0 aliphatic carbocycles. The van der Waals surface area contributed by atoms with Gasteiger partial charge in [-0.2, -0.15) is 0 Å². The largest absolute Gasteiger partial charge is 0.367 e. The number of benzene rings is 1. The van der Waals surface area contributed by atoms with Crippen LogP contribution in [0, 0.1) is 0 Å². The van der Waals surface area contributed by atoms with Gasteiger partial charge in [0.2, 0.25) is 0 Å². The number of nitrogens with zero attached hydrogens (tertiary/aromatic N) is 2. The number of aryl methyl sites for hydroxylation is 1. The smallest absolute Gasteiger partial charge is 0.139 e. The Morgan fingerprint density at radius 1 is 1.17 bits per heavy atom. The quantitative estimate of drug-likeness (QED) is 0.752. The number of thiophene rings is 1. The van der Waals surface area contributed by atoms with E-state index < -0.39 is 0 Å². The highest BCUT2D eigenvalue weighted by atomic mass is 32.1. The van der Waals surface area contributed by atoms with E-state index in [1.165, 1.54) is 16.7 Å². The molecule has 0 bridgehead atoms. The fourth-order valence-corrected chi connectivity index (χ4v) is 4.19. The minimum absolute atomic E-state index is 0.486. The standard InChI is InChI=1S/C19H22N4S/c1-2-13-3-5-14(6-4-13)16-11-24-19-17(16)18(21-12-22-19)23-15-7-9-20-10-8-15/h3-6,11-12,15,20H,2,7-10H2,1H3,(H,21,22,23). The average molecular weight is 338 g/mol. The van der Waals surface area contributed by atoms with Crippen LogP contribution in [-0.2, 0) is 6.42 Å². The van der Waals surface area contributed by atoms with Crippen LogP contribution >= 0.6 is 11.3 Å². The highest BCUT2D eigenvalue weighted by Gasteiger charge is 2.17. The molecule has 3 heterocycles. The number of hydrogen-bond donors (Lipinski definition) is 2. The molecular formula is C19H22N4S. The SMILES string of the molecule is CCc1ccc(-c2csc3ncnc(NC4CCNCC4)c23)cc1. The lowest BCUT2D eigenvalue weighted by atomic mass is 10.0. The van der Waals surface area contributed by atoms with E-state index in [1.54, 1.807) is 17.7 Å². The molecule has 1 fully saturated rings. The van der Waals surface area contributed by atoms with Crippen LogP contribution < -0.4 is 10.6 Å². The van der Waals surface area contributed by atoms with E-state index in [9.17, 15) is 0 Å². The van der Waals surface area contributed by atoms with Crippen molar-refractivity contribution in [3.05, 3.63) is 41.5 Å². The first-order valence-electron chi connectivity index (χ1n) is 8.64. The van der Waals surface area contributed by atoms with Crippen molar-refractivity contribution in [2.45, 2.75) is 32.2 Å². The average Bonchev–Trinajstić information content (AvgIpc) is 3.08. The molecule has 4 rings (SSSR count). The molecule has 2 N–H and O–H groups in total. The van der Waals surface area contributed by atoms with E-state index >= 15 is 0 Å². The van der Waals surface area contributed by atoms with Crippen molar-refractivity contribution >= 4 is 27.4 Å². The third kappa shape index (κ3) is 3.01. The summed E-state index contributed by atoms with van der Waals surface area (Å²) in [4.78, 5) is 10.1. The normalized spacial score (nSPS) is 15.7. The summed E-state index contributed by atoms with van der Waals surface area (Å²) in [6.07, 6.45) is 5.01. The lowest BCUT2D eigenvalue weighted by molar-refractivity contribution is 0.478. The van der Waals surface area contributed by atoms with Gasteiger partial charge >= 0.3 is 0 Å². The molecule has 0 radical (unpaired) electrons. The highest BCUT2D eigenvalue weighted by Crippen LogP contribution is 2.37. The zero-order valence-electron chi connectivity index (χ0n) is 13.9. The molecule has 0 unspecified atom stereocenters. The summed E-state index contributed by atoms with van der Waals surface area (Å²) in [6.45, 7) is 4.33. The Bertz CT molecular complexity index is 819. The third-order valence-corrected chi connectivity index (χ3v) is 5.61. The van der Waals surface area contributed by atoms with Gasteiger partial charge in [0.25, 0.3) is 0 Å². The number of aromatic nitrogens is 2. The number of anilines is 1. The first kappa shape index (κ1) is 15.5. The van der Waals surface area contributed by atoms with E-state index in [-0.39, 0.29) is 0 Å². The summed E-state index contributed by atoms with van der Waals surface area (Å²) in [6, 6.07) is 9.33. The van der Waals surface area contributed by atoms with E-state index in [0.717, 1.165) is 48.4 Å². The molecule has 1 aliphatic heterocycles. The van der Waals surface area contributed by atoms with Crippen LogP contribution in [0.2, 0.25) is 0 Å². The summed E-state index contributed by atoms with van der Waals surface area (Å²) in [5.41, 5.74) is 3.83. The number of hydrogen-bond acceptors (Lipinski definition) is 5. The molecule has 4 nitrogen and oxygen atoms in total. The number of fused-ring (bicyclic) bond motifs is 1. The first-order valence-corrected chi connectivity index (χ1v) is 9.52. The minimum atomic E-state index is 0.486. The number of piperidine rings is 1. The molecule has 0 spiro atoms. The lowest BCUT2D eigenvalue weighted by Crippen LogP contribution is -2.35. The van der Waals surface area contributed by atoms with Gasteiger partial charge in [0.1, 0.15) is 17.0 Å². The predicted octanol–water partition coefficient (Wildman–Crippen LogP) is 4.08. The number of nitrogens with one attached hydrogen (secondary N) is 2. The van der Waals surface area contributed by atoms with Gasteiger partial charge in [-0.05, 0) is 43.5 Å². The molecule has 0 amide bonds. The molecule has 2 aromatic heterocycles. The fourth-order valence-electron chi connectivity index (χ4n) is 3.28. The van der Waals surface area contributed by atoms with Crippen LogP contribution in [0.15, 0.2) is 36.0 Å². The van der Waals surface area contributed by atoms with Gasteiger partial charge in [-0.3, -0.25) is 0 Å². The van der Waals surface area contributed by atoms with Crippen molar-refractivity contribution in [2.24, 2.45) is 0 Å². The van der Waals surface area contributed by atoms with Crippen molar-refractivity contribution in [1.29, 1.82) is 0 Å². The molecule has 124 valence electrons. The van der Waals surface area contributed by atoms with Crippen LogP contribution in [0.1, 0.15) is 25.3 Å². The predicted molar refractivity (Wildman–Crippen MR) is 102 cm³/mol. The fraction of sp³-hybridized carbons (Fsp3) is 0.368. The van der Waals surface area contributed by atoms with Gasteiger partial charge in [0.05, 0.1) is 5.39 Å². The molecule has 1 saturated heterocycles. The zero-order chi connectivity index (χ0) is 16.4. The Balaban J connectivity index is 1.73. The summed E-state index contributed by atoms with van der Waals surface area (Å²) in [5, 5.41) is 10.4. The second-order valence-electron chi connectivity index (χ2n) is 6.27. The van der Waals surface area contributed by atoms with Crippen molar-refractivity contribution < 1.29 is 0 Å². The van der Waals surface area contributed by atoms with E-state index in [0.29, 0.717) is 6.04 Å². The topological polar surface area (TPSA) is 49.8 Å². The van der Waals surface area contributed by atoms with Gasteiger partial charge in [0, 0.05) is 17.0 Å². The molecule has 0 saturated carbocycles. The molecule has 3 aromatic rings. The van der Waals surface area contributed by atoms with Crippen LogP contribution in [0.5, 0.6) is 0 Å². The van der Waals surface area contributed by atoms with Crippen LogP contribution in [0.4, 0.5) is 5.82 Å². The lowest BCUT2D eigenvalue weighted by Gasteiger charge is -2.24. The monoisotopic (exact) mass is 338 g/mol. The minimum Gasteiger partial charge on any atom is -0.367 e. The van der Waals surface area contributed by atoms with Crippen molar-refractivity contribution in [3.63, 3.8) is 0 Å². The van der Waals surface area contributed by atoms with Gasteiger partial charge in [-0.15, -0.1) is 11.3 Å². The molecule has 1 aliphatic rings. The van der Waals surface area contributed by atoms with Gasteiger partial charge in [-0.25, -0.2) is 9.97 Å². The maximum Gasteiger partial charge on any atom is 0.139 e. The molecular weight excluding hydrogens is 316 g/mol. The van der Waals surface area contributed by atoms with E-state index in [4.69, 9.17) is 0 Å². The molecule has 0 atom stereocenters. The second kappa shape index (κ2) is 6.87. The second-order valence-corrected chi connectivity index (χ2v) is 7.13. The van der Waals surface area contributed by atoms with Crippen LogP contribution in [0.25, 0.3) is 21.3 Å². The highest BCUT2D eigenvalue weighted by molar-refractivity contribution is 7.17. The van der Waals surface area contributed by atoms with Gasteiger partial charge in [0.15, 0.2) is 0 Å². The summed E-state index contributed by atoms with van der Waals surface area (Å²) in [5.74, 6) is 0.975. The Labute approximate surface area is 146 Å². The van der Waals surface area contributed by atoms with Crippen LogP contribution in [-0.4, -0.2) is 29.1 Å². The molecule has 24 heavy (non-hydrogen) atoms. The summed E-state index contributed by atoms with van der Waals surface area (Å²) in [7, 11) is 0. The Kier molecular flexibility index (Phi) is 4.45. The number of rotatable bonds is 4. The van der Waals surface area contributed by atoms with E-state index in [1.807, 2.05) is 0 Å². The van der Waals surface area contributed by atoms with Crippen molar-refractivity contribution in [1.82, 2.24) is 15.3 Å². The summed E-state index contributed by atoms with van der Waals surface area (Å²) >= 11 is 1.69. The Morgan fingerprint density at radius 2 is 1.96 bits per heavy atom. The Morgan fingerprint density at radius 3 is 2.71 bits per heavy atom. The molecule has 1 aromatic carbocycles.